The number of methoxy groups -OCH3 is 1. The van der Waals surface area contributed by atoms with Gasteiger partial charge in [0, 0.05) is 24.8 Å². The number of ether oxygens (including phenoxy) is 1. The molecule has 2 rings (SSSR count). The molecule has 2 aromatic heterocycles. The highest BCUT2D eigenvalue weighted by Gasteiger charge is 2.12. The van der Waals surface area contributed by atoms with Crippen LogP contribution < -0.4 is 15.6 Å². The Kier molecular flexibility index (Phi) is 4.42. The SMILES string of the molecule is COc1cc(C)n(CCNC(=O)c2cnoc2C)c(=O)c1. The zero-order valence-electron chi connectivity index (χ0n) is 12.2. The summed E-state index contributed by atoms with van der Waals surface area (Å²) in [5.74, 6) is 0.719. The van der Waals surface area contributed by atoms with Crippen molar-refractivity contribution < 1.29 is 14.1 Å². The van der Waals surface area contributed by atoms with Crippen LogP contribution in [0.15, 0.2) is 27.6 Å². The molecule has 1 N–H and O–H groups in total. The third-order valence-corrected chi connectivity index (χ3v) is 3.16. The third-order valence-electron chi connectivity index (χ3n) is 3.16. The minimum atomic E-state index is -0.270. The topological polar surface area (TPSA) is 86.4 Å². The van der Waals surface area contributed by atoms with E-state index >= 15 is 0 Å². The van der Waals surface area contributed by atoms with Gasteiger partial charge in [0.2, 0.25) is 0 Å². The molecule has 0 aromatic carbocycles. The average molecular weight is 291 g/mol. The second-order valence-electron chi connectivity index (χ2n) is 4.58. The average Bonchev–Trinajstić information content (AvgIpc) is 2.87. The highest BCUT2D eigenvalue weighted by atomic mass is 16.5. The second-order valence-corrected chi connectivity index (χ2v) is 4.58. The molecule has 0 atom stereocenters. The summed E-state index contributed by atoms with van der Waals surface area (Å²) < 4.78 is 11.4. The lowest BCUT2D eigenvalue weighted by Gasteiger charge is -2.11. The van der Waals surface area contributed by atoms with Gasteiger partial charge in [-0.25, -0.2) is 0 Å². The van der Waals surface area contributed by atoms with Crippen molar-refractivity contribution in [1.29, 1.82) is 0 Å². The summed E-state index contributed by atoms with van der Waals surface area (Å²) >= 11 is 0. The van der Waals surface area contributed by atoms with Crippen LogP contribution in [-0.2, 0) is 6.54 Å². The van der Waals surface area contributed by atoms with Gasteiger partial charge in [-0.3, -0.25) is 9.59 Å². The van der Waals surface area contributed by atoms with Crippen LogP contribution in [0, 0.1) is 13.8 Å². The first-order valence-electron chi connectivity index (χ1n) is 6.48. The lowest BCUT2D eigenvalue weighted by molar-refractivity contribution is 0.0950. The minimum absolute atomic E-state index is 0.165. The molecule has 0 saturated heterocycles. The van der Waals surface area contributed by atoms with E-state index in [2.05, 4.69) is 10.5 Å². The lowest BCUT2D eigenvalue weighted by Crippen LogP contribution is -2.31. The number of nitrogens with one attached hydrogen (secondary N) is 1. The molecule has 0 aliphatic rings. The van der Waals surface area contributed by atoms with Gasteiger partial charge in [0.15, 0.2) is 0 Å². The van der Waals surface area contributed by atoms with Crippen molar-refractivity contribution >= 4 is 5.91 Å². The van der Waals surface area contributed by atoms with E-state index in [1.54, 1.807) is 17.6 Å². The zero-order chi connectivity index (χ0) is 15.4. The Morgan fingerprint density at radius 1 is 1.43 bits per heavy atom. The Morgan fingerprint density at radius 2 is 2.19 bits per heavy atom. The normalized spacial score (nSPS) is 10.4. The van der Waals surface area contributed by atoms with Crippen LogP contribution in [-0.4, -0.2) is 29.3 Å². The van der Waals surface area contributed by atoms with E-state index in [0.717, 1.165) is 5.69 Å². The van der Waals surface area contributed by atoms with Gasteiger partial charge < -0.3 is 19.1 Å². The van der Waals surface area contributed by atoms with E-state index in [4.69, 9.17) is 9.26 Å². The minimum Gasteiger partial charge on any atom is -0.496 e. The Morgan fingerprint density at radius 3 is 2.76 bits per heavy atom. The fourth-order valence-electron chi connectivity index (χ4n) is 2.00. The second kappa shape index (κ2) is 6.25. The van der Waals surface area contributed by atoms with E-state index < -0.39 is 0 Å². The number of pyridine rings is 1. The molecule has 2 aromatic rings. The Hall–Kier alpha value is -2.57. The van der Waals surface area contributed by atoms with E-state index in [0.29, 0.717) is 30.2 Å². The molecule has 7 nitrogen and oxygen atoms in total. The molecule has 0 saturated carbocycles. The number of hydrogen-bond acceptors (Lipinski definition) is 5. The van der Waals surface area contributed by atoms with Gasteiger partial charge in [-0.1, -0.05) is 5.16 Å². The zero-order valence-corrected chi connectivity index (χ0v) is 12.2. The van der Waals surface area contributed by atoms with Crippen LogP contribution in [0.2, 0.25) is 0 Å². The first kappa shape index (κ1) is 14.8. The molecular weight excluding hydrogens is 274 g/mol. The molecule has 0 bridgehead atoms. The van der Waals surface area contributed by atoms with Crippen molar-refractivity contribution in [3.05, 3.63) is 45.7 Å². The van der Waals surface area contributed by atoms with E-state index in [-0.39, 0.29) is 11.5 Å². The molecule has 0 radical (unpaired) electrons. The van der Waals surface area contributed by atoms with Crippen molar-refractivity contribution in [2.45, 2.75) is 20.4 Å². The molecule has 2 heterocycles. The van der Waals surface area contributed by atoms with Gasteiger partial charge in [-0.05, 0) is 19.9 Å². The number of nitrogens with zero attached hydrogens (tertiary/aromatic N) is 2. The van der Waals surface area contributed by atoms with Gasteiger partial charge in [-0.15, -0.1) is 0 Å². The van der Waals surface area contributed by atoms with Crippen LogP contribution in [0.3, 0.4) is 0 Å². The van der Waals surface area contributed by atoms with Crippen LogP contribution in [0.1, 0.15) is 21.8 Å². The Balaban J connectivity index is 2.00. The number of hydrogen-bond donors (Lipinski definition) is 1. The van der Waals surface area contributed by atoms with Gasteiger partial charge in [-0.2, -0.15) is 0 Å². The van der Waals surface area contributed by atoms with Gasteiger partial charge >= 0.3 is 0 Å². The molecule has 112 valence electrons. The standard InChI is InChI=1S/C14H17N3O4/c1-9-6-11(20-3)7-13(18)17(9)5-4-15-14(19)12-8-16-21-10(12)2/h6-8H,4-5H2,1-3H3,(H,15,19). The van der Waals surface area contributed by atoms with Crippen LogP contribution in [0.4, 0.5) is 0 Å². The first-order valence-corrected chi connectivity index (χ1v) is 6.48. The Labute approximate surface area is 121 Å². The van der Waals surface area contributed by atoms with Gasteiger partial charge in [0.25, 0.3) is 11.5 Å². The molecule has 0 spiro atoms. The quantitative estimate of drug-likeness (QED) is 0.884. The van der Waals surface area contributed by atoms with E-state index in [9.17, 15) is 9.59 Å². The summed E-state index contributed by atoms with van der Waals surface area (Å²) in [4.78, 5) is 23.8. The Bertz CT molecular complexity index is 702. The summed E-state index contributed by atoms with van der Waals surface area (Å²) in [6.45, 7) is 4.19. The molecule has 0 aliphatic carbocycles. The summed E-state index contributed by atoms with van der Waals surface area (Å²) in [6, 6.07) is 3.19. The predicted octanol–water partition coefficient (Wildman–Crippen LogP) is 0.892. The maximum absolute atomic E-state index is 11.9. The molecule has 1 amide bonds. The van der Waals surface area contributed by atoms with Crippen molar-refractivity contribution in [2.75, 3.05) is 13.7 Å². The molecule has 0 aliphatic heterocycles. The highest BCUT2D eigenvalue weighted by Crippen LogP contribution is 2.08. The summed E-state index contributed by atoms with van der Waals surface area (Å²) in [5.41, 5.74) is 1.01. The maximum Gasteiger partial charge on any atom is 0.256 e. The summed E-state index contributed by atoms with van der Waals surface area (Å²) in [6.07, 6.45) is 1.37. The molecule has 21 heavy (non-hydrogen) atoms. The fourth-order valence-corrected chi connectivity index (χ4v) is 2.00. The van der Waals surface area contributed by atoms with Crippen LogP contribution in [0.5, 0.6) is 5.75 Å². The van der Waals surface area contributed by atoms with E-state index in [1.807, 2.05) is 6.92 Å². The molecule has 0 fully saturated rings. The van der Waals surface area contributed by atoms with Crippen molar-refractivity contribution in [1.82, 2.24) is 15.0 Å². The van der Waals surface area contributed by atoms with Gasteiger partial charge in [0.1, 0.15) is 17.1 Å². The lowest BCUT2D eigenvalue weighted by atomic mass is 10.2. The molecule has 7 heteroatoms. The van der Waals surface area contributed by atoms with Crippen molar-refractivity contribution in [2.24, 2.45) is 0 Å². The van der Waals surface area contributed by atoms with Crippen LogP contribution in [0.25, 0.3) is 0 Å². The fraction of sp³-hybridized carbons (Fsp3) is 0.357. The molecule has 0 unspecified atom stereocenters. The first-order chi connectivity index (χ1) is 10.0. The maximum atomic E-state index is 11.9. The smallest absolute Gasteiger partial charge is 0.256 e. The van der Waals surface area contributed by atoms with Gasteiger partial charge in [0.05, 0.1) is 13.3 Å². The summed E-state index contributed by atoms with van der Waals surface area (Å²) in [7, 11) is 1.51. The molecular formula is C14H17N3O4. The largest absolute Gasteiger partial charge is 0.496 e. The van der Waals surface area contributed by atoms with E-state index in [1.165, 1.54) is 19.4 Å². The third kappa shape index (κ3) is 3.31. The number of rotatable bonds is 5. The number of carbonyl (C=O) groups excluding carboxylic acids is 1. The monoisotopic (exact) mass is 291 g/mol. The highest BCUT2D eigenvalue weighted by molar-refractivity contribution is 5.94. The van der Waals surface area contributed by atoms with Crippen molar-refractivity contribution in [3.63, 3.8) is 0 Å². The predicted molar refractivity (Wildman–Crippen MR) is 75.6 cm³/mol. The number of amides is 1. The number of carbonyl (C=O) groups is 1. The van der Waals surface area contributed by atoms with Crippen LogP contribution >= 0.6 is 0 Å². The number of aryl methyl sites for hydroxylation is 2. The summed E-state index contributed by atoms with van der Waals surface area (Å²) in [5, 5.41) is 6.28. The number of aromatic nitrogens is 2. The van der Waals surface area contributed by atoms with Crippen molar-refractivity contribution in [3.8, 4) is 5.75 Å².